The molecule has 1 heterocycles. The molecule has 1 unspecified atom stereocenters. The van der Waals surface area contributed by atoms with Crippen molar-refractivity contribution in [3.05, 3.63) is 77.4 Å². The first kappa shape index (κ1) is 19.2. The average Bonchev–Trinajstić information content (AvgIpc) is 2.72. The van der Waals surface area contributed by atoms with Crippen LogP contribution in [0.15, 0.2) is 66.2 Å². The Balaban J connectivity index is 1.75. The number of hydrogen-bond donors (Lipinski definition) is 2. The molecule has 0 saturated heterocycles. The lowest BCUT2D eigenvalue weighted by Crippen LogP contribution is -2.35. The SMILES string of the molecule is CC(C)c1cccc(OC(C(=O)NCC2=CCNCC2)c2ccccc2)c1. The Morgan fingerprint density at radius 3 is 2.59 bits per heavy atom. The van der Waals surface area contributed by atoms with E-state index < -0.39 is 6.10 Å². The van der Waals surface area contributed by atoms with Gasteiger partial charge in [-0.2, -0.15) is 0 Å². The van der Waals surface area contributed by atoms with Gasteiger partial charge in [-0.15, -0.1) is 0 Å². The number of benzene rings is 2. The highest BCUT2D eigenvalue weighted by Crippen LogP contribution is 2.26. The lowest BCUT2D eigenvalue weighted by atomic mass is 10.0. The minimum Gasteiger partial charge on any atom is -0.476 e. The van der Waals surface area contributed by atoms with Gasteiger partial charge in [-0.3, -0.25) is 4.79 Å². The van der Waals surface area contributed by atoms with Crippen molar-refractivity contribution < 1.29 is 9.53 Å². The molecule has 1 atom stereocenters. The van der Waals surface area contributed by atoms with E-state index in [0.717, 1.165) is 25.1 Å². The Morgan fingerprint density at radius 1 is 1.11 bits per heavy atom. The molecule has 0 fully saturated rings. The zero-order valence-corrected chi connectivity index (χ0v) is 16.1. The quantitative estimate of drug-likeness (QED) is 0.731. The van der Waals surface area contributed by atoms with Crippen LogP contribution in [0, 0.1) is 0 Å². The fraction of sp³-hybridized carbons (Fsp3) is 0.348. The van der Waals surface area contributed by atoms with Gasteiger partial charge in [-0.1, -0.05) is 68.0 Å². The van der Waals surface area contributed by atoms with Crippen LogP contribution < -0.4 is 15.4 Å². The van der Waals surface area contributed by atoms with Crippen molar-refractivity contribution in [2.24, 2.45) is 0 Å². The summed E-state index contributed by atoms with van der Waals surface area (Å²) in [6.07, 6.45) is 2.44. The van der Waals surface area contributed by atoms with Gasteiger partial charge in [-0.05, 0) is 36.6 Å². The third-order valence-corrected chi connectivity index (χ3v) is 4.77. The van der Waals surface area contributed by atoms with E-state index in [1.807, 2.05) is 48.5 Å². The van der Waals surface area contributed by atoms with Crippen molar-refractivity contribution in [2.45, 2.75) is 32.3 Å². The van der Waals surface area contributed by atoms with Crippen LogP contribution in [0.2, 0.25) is 0 Å². The summed E-state index contributed by atoms with van der Waals surface area (Å²) < 4.78 is 6.15. The minimum absolute atomic E-state index is 0.115. The van der Waals surface area contributed by atoms with Crippen LogP contribution in [-0.2, 0) is 4.79 Å². The van der Waals surface area contributed by atoms with Gasteiger partial charge in [0.1, 0.15) is 5.75 Å². The average molecular weight is 364 g/mol. The first-order chi connectivity index (χ1) is 13.1. The summed E-state index contributed by atoms with van der Waals surface area (Å²) in [6, 6.07) is 17.6. The lowest BCUT2D eigenvalue weighted by molar-refractivity contribution is -0.128. The van der Waals surface area contributed by atoms with Crippen LogP contribution in [-0.4, -0.2) is 25.5 Å². The number of rotatable bonds is 7. The largest absolute Gasteiger partial charge is 0.476 e. The van der Waals surface area contributed by atoms with Crippen LogP contribution in [0.3, 0.4) is 0 Å². The van der Waals surface area contributed by atoms with Crippen LogP contribution in [0.25, 0.3) is 0 Å². The molecule has 0 aliphatic carbocycles. The van der Waals surface area contributed by atoms with E-state index in [2.05, 4.69) is 36.6 Å². The molecule has 1 aliphatic rings. The molecule has 0 aromatic heterocycles. The number of amides is 1. The Labute approximate surface area is 161 Å². The van der Waals surface area contributed by atoms with Gasteiger partial charge in [0, 0.05) is 18.7 Å². The molecular formula is C23H28N2O2. The molecule has 0 spiro atoms. The number of ether oxygens (including phenoxy) is 1. The summed E-state index contributed by atoms with van der Waals surface area (Å²) in [4.78, 5) is 12.9. The highest BCUT2D eigenvalue weighted by molar-refractivity contribution is 5.82. The van der Waals surface area contributed by atoms with E-state index >= 15 is 0 Å². The maximum Gasteiger partial charge on any atom is 0.266 e. The molecule has 27 heavy (non-hydrogen) atoms. The highest BCUT2D eigenvalue weighted by Gasteiger charge is 2.23. The second-order valence-electron chi connectivity index (χ2n) is 7.17. The van der Waals surface area contributed by atoms with E-state index in [9.17, 15) is 4.79 Å². The zero-order chi connectivity index (χ0) is 19.1. The first-order valence-electron chi connectivity index (χ1n) is 9.61. The molecule has 0 radical (unpaired) electrons. The van der Waals surface area contributed by atoms with Gasteiger partial charge in [0.15, 0.2) is 0 Å². The molecule has 0 saturated carbocycles. The molecule has 1 amide bonds. The molecule has 1 aliphatic heterocycles. The minimum atomic E-state index is -0.670. The van der Waals surface area contributed by atoms with E-state index in [0.29, 0.717) is 18.2 Å². The molecule has 2 aromatic carbocycles. The normalized spacial score (nSPS) is 15.1. The van der Waals surface area contributed by atoms with Crippen LogP contribution in [0.5, 0.6) is 5.75 Å². The Bertz CT molecular complexity index is 784. The van der Waals surface area contributed by atoms with Gasteiger partial charge in [0.05, 0.1) is 0 Å². The van der Waals surface area contributed by atoms with Crippen molar-refractivity contribution in [2.75, 3.05) is 19.6 Å². The number of carbonyl (C=O) groups excluding carboxylic acids is 1. The van der Waals surface area contributed by atoms with Crippen LogP contribution in [0.4, 0.5) is 0 Å². The van der Waals surface area contributed by atoms with Crippen LogP contribution in [0.1, 0.15) is 43.4 Å². The van der Waals surface area contributed by atoms with Gasteiger partial charge in [-0.25, -0.2) is 0 Å². The molecule has 4 nitrogen and oxygen atoms in total. The van der Waals surface area contributed by atoms with E-state index in [1.54, 1.807) is 0 Å². The van der Waals surface area contributed by atoms with Gasteiger partial charge >= 0.3 is 0 Å². The van der Waals surface area contributed by atoms with Crippen molar-refractivity contribution >= 4 is 5.91 Å². The van der Waals surface area contributed by atoms with E-state index in [-0.39, 0.29) is 5.91 Å². The summed E-state index contributed by atoms with van der Waals surface area (Å²) in [6.45, 7) is 6.69. The van der Waals surface area contributed by atoms with Crippen molar-refractivity contribution in [3.8, 4) is 5.75 Å². The predicted octanol–water partition coefficient (Wildman–Crippen LogP) is 3.97. The number of hydrogen-bond acceptors (Lipinski definition) is 3. The summed E-state index contributed by atoms with van der Waals surface area (Å²) in [7, 11) is 0. The maximum absolute atomic E-state index is 12.9. The Hall–Kier alpha value is -2.59. The molecule has 4 heteroatoms. The topological polar surface area (TPSA) is 50.4 Å². The summed E-state index contributed by atoms with van der Waals surface area (Å²) in [5.74, 6) is 1.01. The Kier molecular flexibility index (Phi) is 6.66. The highest BCUT2D eigenvalue weighted by atomic mass is 16.5. The van der Waals surface area contributed by atoms with E-state index in [4.69, 9.17) is 4.74 Å². The van der Waals surface area contributed by atoms with Crippen LogP contribution >= 0.6 is 0 Å². The van der Waals surface area contributed by atoms with E-state index in [1.165, 1.54) is 11.1 Å². The van der Waals surface area contributed by atoms with Gasteiger partial charge < -0.3 is 15.4 Å². The zero-order valence-electron chi connectivity index (χ0n) is 16.1. The standard InChI is InChI=1S/C23H28N2O2/c1-17(2)20-9-6-10-21(15-20)27-22(19-7-4-3-5-8-19)23(26)25-16-18-11-13-24-14-12-18/h3-11,15,17,22,24H,12-14,16H2,1-2H3,(H,25,26). The van der Waals surface area contributed by atoms with Crippen molar-refractivity contribution in [3.63, 3.8) is 0 Å². The number of carbonyl (C=O) groups is 1. The first-order valence-corrected chi connectivity index (χ1v) is 9.61. The predicted molar refractivity (Wildman–Crippen MR) is 109 cm³/mol. The third-order valence-electron chi connectivity index (χ3n) is 4.77. The monoisotopic (exact) mass is 364 g/mol. The van der Waals surface area contributed by atoms with Gasteiger partial charge in [0.2, 0.25) is 6.10 Å². The fourth-order valence-electron chi connectivity index (χ4n) is 3.11. The molecule has 2 N–H and O–H groups in total. The second-order valence-corrected chi connectivity index (χ2v) is 7.17. The second kappa shape index (κ2) is 9.38. The molecule has 2 aromatic rings. The molecule has 0 bridgehead atoms. The fourth-order valence-corrected chi connectivity index (χ4v) is 3.11. The maximum atomic E-state index is 12.9. The molecule has 142 valence electrons. The third kappa shape index (κ3) is 5.44. The summed E-state index contributed by atoms with van der Waals surface area (Å²) in [5.41, 5.74) is 3.31. The summed E-state index contributed by atoms with van der Waals surface area (Å²) in [5, 5.41) is 6.33. The Morgan fingerprint density at radius 2 is 1.89 bits per heavy atom. The smallest absolute Gasteiger partial charge is 0.266 e. The van der Waals surface area contributed by atoms with Gasteiger partial charge in [0.25, 0.3) is 5.91 Å². The summed E-state index contributed by atoms with van der Waals surface area (Å²) >= 11 is 0. The molecule has 3 rings (SSSR count). The number of nitrogens with one attached hydrogen (secondary N) is 2. The van der Waals surface area contributed by atoms with Crippen molar-refractivity contribution in [1.82, 2.24) is 10.6 Å². The lowest BCUT2D eigenvalue weighted by Gasteiger charge is -2.21. The molecular weight excluding hydrogens is 336 g/mol. The van der Waals surface area contributed by atoms with Crippen molar-refractivity contribution in [1.29, 1.82) is 0 Å².